The second kappa shape index (κ2) is 8.52. The fourth-order valence-corrected chi connectivity index (χ4v) is 5.42. The Morgan fingerprint density at radius 1 is 1.03 bits per heavy atom. The maximum Gasteiger partial charge on any atom is 0.166 e. The number of aliphatic hydroxyl groups is 1. The van der Waals surface area contributed by atoms with Crippen LogP contribution in [-0.4, -0.2) is 38.9 Å². The van der Waals surface area contributed by atoms with E-state index in [0.717, 1.165) is 66.1 Å². The van der Waals surface area contributed by atoms with Gasteiger partial charge in [0.2, 0.25) is 0 Å². The van der Waals surface area contributed by atoms with Crippen molar-refractivity contribution in [2.24, 2.45) is 0 Å². The monoisotopic (exact) mass is 496 g/mol. The van der Waals surface area contributed by atoms with Gasteiger partial charge < -0.3 is 10.0 Å². The fraction of sp³-hybridized carbons (Fsp3) is 0.308. The Balaban J connectivity index is 1.65. The van der Waals surface area contributed by atoms with E-state index in [9.17, 15) is 9.50 Å². The van der Waals surface area contributed by atoms with Crippen LogP contribution in [0, 0.1) is 5.82 Å². The van der Waals surface area contributed by atoms with E-state index in [1.54, 1.807) is 18.2 Å². The van der Waals surface area contributed by atoms with Crippen LogP contribution >= 0.6 is 23.2 Å². The van der Waals surface area contributed by atoms with Crippen LogP contribution in [0.25, 0.3) is 28.0 Å². The molecular formula is C26H23Cl2FN4O. The van der Waals surface area contributed by atoms with Crippen LogP contribution in [0.2, 0.25) is 10.0 Å². The number of rotatable bonds is 5. The second-order valence-electron chi connectivity index (χ2n) is 9.07. The number of fused-ring (bicyclic) bond motifs is 1. The summed E-state index contributed by atoms with van der Waals surface area (Å²) in [5.74, 6) is 0.837. The van der Waals surface area contributed by atoms with Gasteiger partial charge in [0.25, 0.3) is 0 Å². The van der Waals surface area contributed by atoms with E-state index >= 15 is 0 Å². The SMILES string of the molecule is OCC1CCCN1c1cc(-c2ccc(F)cc2)n2nc(C3CC3)c(-c3ccc(Cl)cc3Cl)c2n1. The van der Waals surface area contributed by atoms with E-state index in [4.69, 9.17) is 33.3 Å². The summed E-state index contributed by atoms with van der Waals surface area (Å²) in [6.45, 7) is 0.888. The highest BCUT2D eigenvalue weighted by Gasteiger charge is 2.34. The van der Waals surface area contributed by atoms with E-state index < -0.39 is 0 Å². The zero-order chi connectivity index (χ0) is 23.4. The Hall–Kier alpha value is -2.67. The van der Waals surface area contributed by atoms with Crippen molar-refractivity contribution < 1.29 is 9.50 Å². The summed E-state index contributed by atoms with van der Waals surface area (Å²) in [4.78, 5) is 7.24. The predicted molar refractivity (Wildman–Crippen MR) is 133 cm³/mol. The third-order valence-electron chi connectivity index (χ3n) is 6.79. The highest BCUT2D eigenvalue weighted by atomic mass is 35.5. The predicted octanol–water partition coefficient (Wildman–Crippen LogP) is 6.35. The molecule has 5 nitrogen and oxygen atoms in total. The van der Waals surface area contributed by atoms with Crippen molar-refractivity contribution in [3.8, 4) is 22.4 Å². The Morgan fingerprint density at radius 3 is 2.53 bits per heavy atom. The summed E-state index contributed by atoms with van der Waals surface area (Å²) < 4.78 is 15.6. The molecule has 0 amide bonds. The molecule has 0 radical (unpaired) electrons. The molecule has 1 atom stereocenters. The first-order valence-corrected chi connectivity index (χ1v) is 12.3. The Labute approximate surface area is 206 Å². The van der Waals surface area contributed by atoms with Gasteiger partial charge in [-0.3, -0.25) is 0 Å². The summed E-state index contributed by atoms with van der Waals surface area (Å²) in [7, 11) is 0. The highest BCUT2D eigenvalue weighted by molar-refractivity contribution is 6.36. The van der Waals surface area contributed by atoms with Crippen molar-refractivity contribution in [1.82, 2.24) is 14.6 Å². The van der Waals surface area contributed by atoms with E-state index in [-0.39, 0.29) is 18.5 Å². The van der Waals surface area contributed by atoms with Gasteiger partial charge in [0.15, 0.2) is 5.65 Å². The number of hydrogen-bond acceptors (Lipinski definition) is 4. The van der Waals surface area contributed by atoms with Crippen molar-refractivity contribution >= 4 is 34.7 Å². The highest BCUT2D eigenvalue weighted by Crippen LogP contribution is 2.47. The molecule has 2 aliphatic rings. The van der Waals surface area contributed by atoms with Gasteiger partial charge in [0.1, 0.15) is 11.6 Å². The zero-order valence-electron chi connectivity index (χ0n) is 18.4. The summed E-state index contributed by atoms with van der Waals surface area (Å²) in [5, 5.41) is 16.1. The van der Waals surface area contributed by atoms with Crippen LogP contribution in [-0.2, 0) is 0 Å². The lowest BCUT2D eigenvalue weighted by Gasteiger charge is -2.25. The topological polar surface area (TPSA) is 53.7 Å². The van der Waals surface area contributed by atoms with Gasteiger partial charge in [-0.15, -0.1) is 0 Å². The lowest BCUT2D eigenvalue weighted by Crippen LogP contribution is -2.32. The molecule has 0 spiro atoms. The lowest BCUT2D eigenvalue weighted by molar-refractivity contribution is 0.266. The standard InChI is InChI=1S/C26H23Cl2FN4O/c27-17-7-10-20(21(28)12-17)24-25(16-3-4-16)31-33-22(15-5-8-18(29)9-6-15)13-23(30-26(24)33)32-11-1-2-19(32)14-34/h5-10,12-13,16,19,34H,1-4,11,14H2. The van der Waals surface area contributed by atoms with E-state index in [1.165, 1.54) is 12.1 Å². The number of halogens is 3. The third-order valence-corrected chi connectivity index (χ3v) is 7.34. The van der Waals surface area contributed by atoms with Crippen molar-refractivity contribution in [2.45, 2.75) is 37.6 Å². The zero-order valence-corrected chi connectivity index (χ0v) is 19.9. The van der Waals surface area contributed by atoms with Gasteiger partial charge >= 0.3 is 0 Å². The molecule has 1 saturated carbocycles. The molecule has 8 heteroatoms. The average molecular weight is 497 g/mol. The lowest BCUT2D eigenvalue weighted by atomic mass is 10.0. The molecular weight excluding hydrogens is 474 g/mol. The number of hydrogen-bond donors (Lipinski definition) is 1. The van der Waals surface area contributed by atoms with Crippen molar-refractivity contribution in [3.63, 3.8) is 0 Å². The number of aliphatic hydroxyl groups excluding tert-OH is 1. The minimum atomic E-state index is -0.290. The normalized spacial score (nSPS) is 18.2. The molecule has 34 heavy (non-hydrogen) atoms. The minimum Gasteiger partial charge on any atom is -0.394 e. The summed E-state index contributed by atoms with van der Waals surface area (Å²) in [6.07, 6.45) is 4.04. The van der Waals surface area contributed by atoms with Crippen molar-refractivity contribution in [2.75, 3.05) is 18.1 Å². The Morgan fingerprint density at radius 2 is 1.82 bits per heavy atom. The molecule has 3 heterocycles. The number of nitrogens with zero attached hydrogens (tertiary/aromatic N) is 4. The van der Waals surface area contributed by atoms with Crippen LogP contribution in [0.5, 0.6) is 0 Å². The molecule has 6 rings (SSSR count). The van der Waals surface area contributed by atoms with Crippen LogP contribution in [0.3, 0.4) is 0 Å². The summed E-state index contributed by atoms with van der Waals surface area (Å²) in [5.41, 5.74) is 5.09. The average Bonchev–Trinajstić information content (AvgIpc) is 3.44. The van der Waals surface area contributed by atoms with Gasteiger partial charge in [0, 0.05) is 34.7 Å². The van der Waals surface area contributed by atoms with E-state index in [2.05, 4.69) is 4.90 Å². The quantitative estimate of drug-likeness (QED) is 0.349. The largest absolute Gasteiger partial charge is 0.394 e. The molecule has 1 N–H and O–H groups in total. The van der Waals surface area contributed by atoms with Crippen LogP contribution in [0.15, 0.2) is 48.5 Å². The van der Waals surface area contributed by atoms with Gasteiger partial charge in [0.05, 0.1) is 34.6 Å². The minimum absolute atomic E-state index is 0.0180. The number of anilines is 1. The van der Waals surface area contributed by atoms with Gasteiger partial charge in [-0.25, -0.2) is 13.9 Å². The fourth-order valence-electron chi connectivity index (χ4n) is 4.91. The molecule has 0 bridgehead atoms. The first-order valence-electron chi connectivity index (χ1n) is 11.6. The molecule has 1 saturated heterocycles. The number of aromatic nitrogens is 3. The van der Waals surface area contributed by atoms with Crippen molar-refractivity contribution in [3.05, 3.63) is 70.1 Å². The van der Waals surface area contributed by atoms with E-state index in [1.807, 2.05) is 22.7 Å². The van der Waals surface area contributed by atoms with Crippen LogP contribution < -0.4 is 4.90 Å². The molecule has 2 aromatic heterocycles. The first-order chi connectivity index (χ1) is 16.5. The smallest absolute Gasteiger partial charge is 0.166 e. The summed E-state index contributed by atoms with van der Waals surface area (Å²) in [6, 6.07) is 13.9. The Bertz CT molecular complexity index is 1380. The maximum absolute atomic E-state index is 13.7. The molecule has 1 unspecified atom stereocenters. The van der Waals surface area contributed by atoms with E-state index in [0.29, 0.717) is 21.6 Å². The molecule has 4 aromatic rings. The molecule has 1 aliphatic heterocycles. The summed E-state index contributed by atoms with van der Waals surface area (Å²) >= 11 is 12.9. The Kier molecular flexibility index (Phi) is 5.47. The molecule has 1 aliphatic carbocycles. The van der Waals surface area contributed by atoms with Gasteiger partial charge in [-0.1, -0.05) is 29.3 Å². The van der Waals surface area contributed by atoms with Crippen LogP contribution in [0.4, 0.5) is 10.2 Å². The third kappa shape index (κ3) is 3.74. The first kappa shape index (κ1) is 21.8. The van der Waals surface area contributed by atoms with Crippen molar-refractivity contribution in [1.29, 1.82) is 0 Å². The second-order valence-corrected chi connectivity index (χ2v) is 9.92. The number of benzene rings is 2. The molecule has 2 aromatic carbocycles. The maximum atomic E-state index is 13.7. The van der Waals surface area contributed by atoms with Gasteiger partial charge in [-0.2, -0.15) is 5.10 Å². The van der Waals surface area contributed by atoms with Gasteiger partial charge in [-0.05, 0) is 62.1 Å². The van der Waals surface area contributed by atoms with Crippen LogP contribution in [0.1, 0.15) is 37.3 Å². The molecule has 174 valence electrons. The molecule has 2 fully saturated rings.